The molecule has 7 heteroatoms. The maximum Gasteiger partial charge on any atom is 0.231 e. The summed E-state index contributed by atoms with van der Waals surface area (Å²) in [6.45, 7) is 0.220. The van der Waals surface area contributed by atoms with Gasteiger partial charge in [-0.25, -0.2) is 9.37 Å². The second-order valence-electron chi connectivity index (χ2n) is 5.43. The third-order valence-electron chi connectivity index (χ3n) is 3.75. The average molecular weight is 365 g/mol. The molecule has 0 fully saturated rings. The number of hydrogen-bond acceptors (Lipinski definition) is 6. The van der Waals surface area contributed by atoms with Gasteiger partial charge in [-0.2, -0.15) is 5.26 Å². The molecule has 2 heterocycles. The Morgan fingerprint density at radius 2 is 2.00 bits per heavy atom. The Hall–Kier alpha value is -3.37. The first-order valence-electron chi connectivity index (χ1n) is 7.71. The number of nitrogens with one attached hydrogen (secondary N) is 1. The van der Waals surface area contributed by atoms with E-state index in [1.54, 1.807) is 18.3 Å². The molecule has 0 saturated carbocycles. The maximum atomic E-state index is 12.9. The monoisotopic (exact) mass is 365 g/mol. The molecule has 1 aromatic heterocycles. The van der Waals surface area contributed by atoms with E-state index in [2.05, 4.69) is 16.4 Å². The highest BCUT2D eigenvalue weighted by Gasteiger charge is 2.15. The van der Waals surface area contributed by atoms with Crippen LogP contribution in [-0.2, 0) is 0 Å². The summed E-state index contributed by atoms with van der Waals surface area (Å²) in [5.74, 6) is 1.09. The first-order chi connectivity index (χ1) is 12.7. The molecule has 2 aromatic carbocycles. The Labute approximate surface area is 153 Å². The van der Waals surface area contributed by atoms with Crippen molar-refractivity contribution in [1.82, 2.24) is 4.98 Å². The van der Waals surface area contributed by atoms with E-state index in [0.717, 1.165) is 11.3 Å². The predicted octanol–water partition coefficient (Wildman–Crippen LogP) is 4.65. The lowest BCUT2D eigenvalue weighted by Crippen LogP contribution is -1.92. The van der Waals surface area contributed by atoms with E-state index >= 15 is 0 Å². The zero-order valence-electron chi connectivity index (χ0n) is 13.4. The van der Waals surface area contributed by atoms with Gasteiger partial charge in [0.05, 0.1) is 5.69 Å². The highest BCUT2D eigenvalue weighted by Crippen LogP contribution is 2.36. The third-order valence-corrected chi connectivity index (χ3v) is 4.63. The summed E-state index contributed by atoms with van der Waals surface area (Å²) < 4.78 is 23.6. The van der Waals surface area contributed by atoms with Crippen molar-refractivity contribution in [2.24, 2.45) is 0 Å². The van der Waals surface area contributed by atoms with Gasteiger partial charge in [0.15, 0.2) is 11.5 Å². The SMILES string of the molecule is N#CC(=CNc1ccc(F)cc1)c1nc(-c2ccc3c(c2)OCO3)cs1. The van der Waals surface area contributed by atoms with Gasteiger partial charge in [0.25, 0.3) is 0 Å². The zero-order chi connectivity index (χ0) is 17.9. The standard InChI is InChI=1S/C19H12FN3O2S/c20-14-2-4-15(5-3-14)22-9-13(8-21)19-23-16(10-26-19)12-1-6-17-18(7-12)25-11-24-17/h1-7,9-10,22H,11H2. The molecule has 0 unspecified atom stereocenters. The molecule has 0 radical (unpaired) electrons. The number of nitriles is 1. The molecular formula is C19H12FN3O2S. The van der Waals surface area contributed by atoms with Crippen molar-refractivity contribution in [3.63, 3.8) is 0 Å². The number of halogens is 1. The first kappa shape index (κ1) is 16.1. The molecular weight excluding hydrogens is 353 g/mol. The molecule has 0 bridgehead atoms. The fourth-order valence-corrected chi connectivity index (χ4v) is 3.22. The van der Waals surface area contributed by atoms with Crippen molar-refractivity contribution in [3.05, 3.63) is 64.9 Å². The summed E-state index contributed by atoms with van der Waals surface area (Å²) in [6, 6.07) is 13.6. The summed E-state index contributed by atoms with van der Waals surface area (Å²) in [4.78, 5) is 4.53. The van der Waals surface area contributed by atoms with E-state index in [4.69, 9.17) is 9.47 Å². The van der Waals surface area contributed by atoms with E-state index in [1.165, 1.54) is 23.5 Å². The van der Waals surface area contributed by atoms with Crippen molar-refractivity contribution in [2.45, 2.75) is 0 Å². The summed E-state index contributed by atoms with van der Waals surface area (Å²) in [6.07, 6.45) is 1.56. The Kier molecular flexibility index (Phi) is 4.25. The number of ether oxygens (including phenoxy) is 2. The lowest BCUT2D eigenvalue weighted by molar-refractivity contribution is 0.174. The van der Waals surface area contributed by atoms with Crippen LogP contribution in [0.25, 0.3) is 16.8 Å². The van der Waals surface area contributed by atoms with E-state index in [9.17, 15) is 9.65 Å². The van der Waals surface area contributed by atoms with Crippen LogP contribution in [0.15, 0.2) is 54.0 Å². The summed E-state index contributed by atoms with van der Waals surface area (Å²) in [5, 5.41) is 14.9. The van der Waals surface area contributed by atoms with E-state index in [0.29, 0.717) is 27.8 Å². The molecule has 26 heavy (non-hydrogen) atoms. The molecule has 5 nitrogen and oxygen atoms in total. The molecule has 0 aliphatic carbocycles. The lowest BCUT2D eigenvalue weighted by Gasteiger charge is -2.01. The molecule has 128 valence electrons. The van der Waals surface area contributed by atoms with Crippen LogP contribution in [0, 0.1) is 17.1 Å². The van der Waals surface area contributed by atoms with Crippen LogP contribution in [0.3, 0.4) is 0 Å². The Balaban J connectivity index is 1.56. The second-order valence-corrected chi connectivity index (χ2v) is 6.29. The van der Waals surface area contributed by atoms with E-state index in [1.807, 2.05) is 23.6 Å². The van der Waals surface area contributed by atoms with Crippen LogP contribution in [0.2, 0.25) is 0 Å². The number of anilines is 1. The van der Waals surface area contributed by atoms with Gasteiger partial charge in [-0.1, -0.05) is 0 Å². The number of rotatable bonds is 4. The predicted molar refractivity (Wildman–Crippen MR) is 97.3 cm³/mol. The second kappa shape index (κ2) is 6.86. The minimum atomic E-state index is -0.312. The molecule has 1 aliphatic rings. The van der Waals surface area contributed by atoms with Crippen LogP contribution >= 0.6 is 11.3 Å². The van der Waals surface area contributed by atoms with Crippen molar-refractivity contribution >= 4 is 22.6 Å². The third kappa shape index (κ3) is 3.23. The van der Waals surface area contributed by atoms with Gasteiger partial charge >= 0.3 is 0 Å². The number of thiazole rings is 1. The highest BCUT2D eigenvalue weighted by atomic mass is 32.1. The van der Waals surface area contributed by atoms with Gasteiger partial charge < -0.3 is 14.8 Å². The van der Waals surface area contributed by atoms with Gasteiger partial charge in [0.1, 0.15) is 22.5 Å². The van der Waals surface area contributed by atoms with E-state index < -0.39 is 0 Å². The van der Waals surface area contributed by atoms with Gasteiger partial charge in [-0.3, -0.25) is 0 Å². The number of nitrogens with zero attached hydrogens (tertiary/aromatic N) is 2. The Bertz CT molecular complexity index is 1020. The smallest absolute Gasteiger partial charge is 0.231 e. The lowest BCUT2D eigenvalue weighted by atomic mass is 10.1. The minimum absolute atomic E-state index is 0.220. The number of aromatic nitrogens is 1. The zero-order valence-corrected chi connectivity index (χ0v) is 14.2. The number of fused-ring (bicyclic) bond motifs is 1. The first-order valence-corrected chi connectivity index (χ1v) is 8.59. The van der Waals surface area contributed by atoms with Crippen LogP contribution < -0.4 is 14.8 Å². The molecule has 4 rings (SSSR count). The van der Waals surface area contributed by atoms with E-state index in [-0.39, 0.29) is 12.6 Å². The molecule has 1 N–H and O–H groups in total. The fourth-order valence-electron chi connectivity index (χ4n) is 2.43. The van der Waals surface area contributed by atoms with Crippen molar-refractivity contribution < 1.29 is 13.9 Å². The minimum Gasteiger partial charge on any atom is -0.454 e. The number of hydrogen-bond donors (Lipinski definition) is 1. The maximum absolute atomic E-state index is 12.9. The average Bonchev–Trinajstić information content (AvgIpc) is 3.32. The van der Waals surface area contributed by atoms with Crippen molar-refractivity contribution in [3.8, 4) is 28.8 Å². The van der Waals surface area contributed by atoms with Gasteiger partial charge in [-0.05, 0) is 42.5 Å². The summed E-state index contributed by atoms with van der Waals surface area (Å²) >= 11 is 1.37. The number of allylic oxidation sites excluding steroid dienone is 1. The van der Waals surface area contributed by atoms with Crippen LogP contribution in [0.4, 0.5) is 10.1 Å². The molecule has 3 aromatic rings. The van der Waals surface area contributed by atoms with Gasteiger partial charge in [0, 0.05) is 22.8 Å². The quantitative estimate of drug-likeness (QED) is 0.682. The molecule has 0 amide bonds. The molecule has 0 spiro atoms. The Morgan fingerprint density at radius 1 is 1.19 bits per heavy atom. The molecule has 0 atom stereocenters. The van der Waals surface area contributed by atoms with Gasteiger partial charge in [-0.15, -0.1) is 11.3 Å². The summed E-state index contributed by atoms with van der Waals surface area (Å²) in [5.41, 5.74) is 2.73. The topological polar surface area (TPSA) is 67.2 Å². The highest BCUT2D eigenvalue weighted by molar-refractivity contribution is 7.11. The van der Waals surface area contributed by atoms with Crippen molar-refractivity contribution in [2.75, 3.05) is 12.1 Å². The van der Waals surface area contributed by atoms with Crippen LogP contribution in [0.5, 0.6) is 11.5 Å². The fraction of sp³-hybridized carbons (Fsp3) is 0.0526. The van der Waals surface area contributed by atoms with Crippen LogP contribution in [0.1, 0.15) is 5.01 Å². The molecule has 1 aliphatic heterocycles. The number of benzene rings is 2. The van der Waals surface area contributed by atoms with Gasteiger partial charge in [0.2, 0.25) is 6.79 Å². The molecule has 0 saturated heterocycles. The van der Waals surface area contributed by atoms with Crippen molar-refractivity contribution in [1.29, 1.82) is 5.26 Å². The Morgan fingerprint density at radius 3 is 2.81 bits per heavy atom. The normalized spacial score (nSPS) is 12.7. The van der Waals surface area contributed by atoms with Crippen LogP contribution in [-0.4, -0.2) is 11.8 Å². The largest absolute Gasteiger partial charge is 0.454 e. The summed E-state index contributed by atoms with van der Waals surface area (Å²) in [7, 11) is 0.